The molecule has 3 aromatic carbocycles. The van der Waals surface area contributed by atoms with Crippen molar-refractivity contribution < 1.29 is 9.53 Å². The fourth-order valence-corrected chi connectivity index (χ4v) is 3.50. The summed E-state index contributed by atoms with van der Waals surface area (Å²) in [5, 5.41) is 4.33. The van der Waals surface area contributed by atoms with Gasteiger partial charge in [-0.2, -0.15) is 0 Å². The normalized spacial score (nSPS) is 12.0. The topological polar surface area (TPSA) is 76.5 Å². The summed E-state index contributed by atoms with van der Waals surface area (Å²) in [7, 11) is 0. The molecular weight excluding hydrogens is 376 g/mol. The van der Waals surface area contributed by atoms with Crippen LogP contribution in [0.4, 0.5) is 11.5 Å². The van der Waals surface area contributed by atoms with Crippen LogP contribution in [0.25, 0.3) is 22.3 Å². The van der Waals surface area contributed by atoms with Crippen molar-refractivity contribution in [2.75, 3.05) is 5.32 Å². The SMILES string of the molecule is CC(=O)Oc1ccccc1-c1nc(Nc2ccc3c(c2)C=NC3)c2ccccc2n1. The molecule has 0 unspecified atom stereocenters. The molecule has 1 aromatic heterocycles. The van der Waals surface area contributed by atoms with E-state index in [0.29, 0.717) is 23.0 Å². The molecule has 6 heteroatoms. The summed E-state index contributed by atoms with van der Waals surface area (Å²) in [5.41, 5.74) is 4.70. The third-order valence-electron chi connectivity index (χ3n) is 4.89. The number of nitrogens with one attached hydrogen (secondary N) is 1. The zero-order valence-electron chi connectivity index (χ0n) is 16.3. The molecule has 30 heavy (non-hydrogen) atoms. The molecule has 0 fully saturated rings. The minimum absolute atomic E-state index is 0.388. The molecule has 1 N–H and O–H groups in total. The van der Waals surface area contributed by atoms with Gasteiger partial charge in [-0.15, -0.1) is 0 Å². The van der Waals surface area contributed by atoms with Gasteiger partial charge in [0.2, 0.25) is 0 Å². The fourth-order valence-electron chi connectivity index (χ4n) is 3.50. The number of para-hydroxylation sites is 2. The van der Waals surface area contributed by atoms with E-state index in [0.717, 1.165) is 28.7 Å². The molecule has 6 nitrogen and oxygen atoms in total. The van der Waals surface area contributed by atoms with Gasteiger partial charge in [0.1, 0.15) is 11.6 Å². The summed E-state index contributed by atoms with van der Waals surface area (Å²) < 4.78 is 5.37. The van der Waals surface area contributed by atoms with E-state index in [9.17, 15) is 4.79 Å². The van der Waals surface area contributed by atoms with E-state index in [2.05, 4.69) is 22.4 Å². The second-order valence-electron chi connectivity index (χ2n) is 7.01. The van der Waals surface area contributed by atoms with Gasteiger partial charge in [0.25, 0.3) is 0 Å². The highest BCUT2D eigenvalue weighted by Crippen LogP contribution is 2.32. The molecule has 0 saturated heterocycles. The van der Waals surface area contributed by atoms with Gasteiger partial charge in [-0.25, -0.2) is 9.97 Å². The van der Waals surface area contributed by atoms with E-state index in [1.54, 1.807) is 6.07 Å². The van der Waals surface area contributed by atoms with Crippen LogP contribution in [0, 0.1) is 0 Å². The van der Waals surface area contributed by atoms with E-state index in [1.807, 2.05) is 54.7 Å². The molecule has 0 radical (unpaired) electrons. The Morgan fingerprint density at radius 3 is 2.73 bits per heavy atom. The van der Waals surface area contributed by atoms with Crippen LogP contribution in [0.1, 0.15) is 18.1 Å². The lowest BCUT2D eigenvalue weighted by atomic mass is 10.1. The van der Waals surface area contributed by atoms with Crippen LogP contribution in [0.3, 0.4) is 0 Å². The lowest BCUT2D eigenvalue weighted by Crippen LogP contribution is -2.04. The first-order valence-corrected chi connectivity index (χ1v) is 9.62. The van der Waals surface area contributed by atoms with Crippen molar-refractivity contribution in [3.05, 3.63) is 77.9 Å². The lowest BCUT2D eigenvalue weighted by Gasteiger charge is -2.13. The number of benzene rings is 3. The zero-order valence-corrected chi connectivity index (χ0v) is 16.3. The van der Waals surface area contributed by atoms with E-state index in [4.69, 9.17) is 14.7 Å². The summed E-state index contributed by atoms with van der Waals surface area (Å²) in [6, 6.07) is 21.2. The van der Waals surface area contributed by atoms with E-state index >= 15 is 0 Å². The number of fused-ring (bicyclic) bond motifs is 2. The fraction of sp³-hybridized carbons (Fsp3) is 0.0833. The molecule has 4 aromatic rings. The maximum absolute atomic E-state index is 11.5. The Hall–Kier alpha value is -4.06. The Balaban J connectivity index is 1.62. The number of aromatic nitrogens is 2. The summed E-state index contributed by atoms with van der Waals surface area (Å²) >= 11 is 0. The summed E-state index contributed by atoms with van der Waals surface area (Å²) in [5.74, 6) is 1.21. The first-order valence-electron chi connectivity index (χ1n) is 9.62. The maximum Gasteiger partial charge on any atom is 0.308 e. The second kappa shape index (κ2) is 7.40. The van der Waals surface area contributed by atoms with Gasteiger partial charge < -0.3 is 10.1 Å². The van der Waals surface area contributed by atoms with Crippen LogP contribution >= 0.6 is 0 Å². The molecular formula is C24H18N4O2. The molecule has 0 atom stereocenters. The summed E-state index contributed by atoms with van der Waals surface area (Å²) in [4.78, 5) is 25.3. The first kappa shape index (κ1) is 18.0. The molecule has 5 rings (SSSR count). The number of carbonyl (C=O) groups is 1. The minimum Gasteiger partial charge on any atom is -0.426 e. The van der Waals surface area contributed by atoms with Gasteiger partial charge in [0.05, 0.1) is 17.6 Å². The largest absolute Gasteiger partial charge is 0.426 e. The van der Waals surface area contributed by atoms with Crippen molar-refractivity contribution in [3.8, 4) is 17.1 Å². The van der Waals surface area contributed by atoms with Crippen molar-refractivity contribution in [1.82, 2.24) is 9.97 Å². The smallest absolute Gasteiger partial charge is 0.308 e. The molecule has 0 aliphatic carbocycles. The molecule has 0 saturated carbocycles. The summed E-state index contributed by atoms with van der Waals surface area (Å²) in [6.07, 6.45) is 1.89. The lowest BCUT2D eigenvalue weighted by molar-refractivity contribution is -0.131. The molecule has 0 bridgehead atoms. The number of ether oxygens (including phenoxy) is 1. The van der Waals surface area contributed by atoms with Crippen LogP contribution in [0.15, 0.2) is 71.7 Å². The average molecular weight is 394 g/mol. The van der Waals surface area contributed by atoms with Crippen molar-refractivity contribution >= 4 is 34.6 Å². The third kappa shape index (κ3) is 3.39. The van der Waals surface area contributed by atoms with Gasteiger partial charge in [0.15, 0.2) is 5.82 Å². The van der Waals surface area contributed by atoms with Gasteiger partial charge in [0, 0.05) is 24.2 Å². The van der Waals surface area contributed by atoms with Crippen molar-refractivity contribution in [3.63, 3.8) is 0 Å². The molecule has 146 valence electrons. The van der Waals surface area contributed by atoms with Crippen LogP contribution < -0.4 is 10.1 Å². The Labute approximate surface area is 173 Å². The highest BCUT2D eigenvalue weighted by atomic mass is 16.5. The van der Waals surface area contributed by atoms with Crippen molar-refractivity contribution in [2.45, 2.75) is 13.5 Å². The number of hydrogen-bond acceptors (Lipinski definition) is 6. The highest BCUT2D eigenvalue weighted by Gasteiger charge is 2.15. The Bertz CT molecular complexity index is 1310. The van der Waals surface area contributed by atoms with Crippen molar-refractivity contribution in [1.29, 1.82) is 0 Å². The van der Waals surface area contributed by atoms with Gasteiger partial charge in [-0.05, 0) is 47.5 Å². The van der Waals surface area contributed by atoms with Gasteiger partial charge >= 0.3 is 5.97 Å². The highest BCUT2D eigenvalue weighted by molar-refractivity contribution is 5.93. The Kier molecular flexibility index (Phi) is 4.44. The maximum atomic E-state index is 11.5. The standard InChI is InChI=1S/C24H18N4O2/c1-15(29)30-22-9-5-3-7-20(22)24-27-21-8-4-2-6-19(21)23(28-24)26-18-11-10-16-13-25-14-17(16)12-18/h2-12,14H,13H2,1H3,(H,26,27,28). The van der Waals surface area contributed by atoms with Gasteiger partial charge in [-0.1, -0.05) is 30.3 Å². The molecule has 1 aliphatic heterocycles. The zero-order chi connectivity index (χ0) is 20.5. The van der Waals surface area contributed by atoms with E-state index in [1.165, 1.54) is 12.5 Å². The number of esters is 1. The van der Waals surface area contributed by atoms with E-state index in [-0.39, 0.29) is 5.97 Å². The number of rotatable bonds is 4. The number of anilines is 2. The number of hydrogen-bond donors (Lipinski definition) is 1. The minimum atomic E-state index is -0.388. The number of carbonyl (C=O) groups excluding carboxylic acids is 1. The number of aliphatic imine (C=N–C) groups is 1. The third-order valence-corrected chi connectivity index (χ3v) is 4.89. The molecule has 0 amide bonds. The second-order valence-corrected chi connectivity index (χ2v) is 7.01. The molecule has 1 aliphatic rings. The van der Waals surface area contributed by atoms with Gasteiger partial charge in [-0.3, -0.25) is 9.79 Å². The quantitative estimate of drug-likeness (QED) is 0.394. The van der Waals surface area contributed by atoms with Crippen LogP contribution in [0.2, 0.25) is 0 Å². The van der Waals surface area contributed by atoms with E-state index < -0.39 is 0 Å². The molecule has 0 spiro atoms. The van der Waals surface area contributed by atoms with Crippen LogP contribution in [-0.4, -0.2) is 22.2 Å². The average Bonchev–Trinajstić information content (AvgIpc) is 3.21. The Morgan fingerprint density at radius 1 is 1.00 bits per heavy atom. The van der Waals surface area contributed by atoms with Crippen molar-refractivity contribution in [2.24, 2.45) is 4.99 Å². The monoisotopic (exact) mass is 394 g/mol. The predicted octanol–water partition coefficient (Wildman–Crippen LogP) is 4.90. The first-order chi connectivity index (χ1) is 14.7. The predicted molar refractivity (Wildman–Crippen MR) is 117 cm³/mol. The van der Waals surface area contributed by atoms with Crippen LogP contribution in [0.5, 0.6) is 5.75 Å². The molecule has 2 heterocycles. The summed E-state index contributed by atoms with van der Waals surface area (Å²) in [6.45, 7) is 2.10. The Morgan fingerprint density at radius 2 is 1.83 bits per heavy atom. The number of nitrogens with zero attached hydrogens (tertiary/aromatic N) is 3. The van der Waals surface area contributed by atoms with Crippen LogP contribution in [-0.2, 0) is 11.3 Å².